The third kappa shape index (κ3) is 2.07. The first kappa shape index (κ1) is 10.4. The second-order valence-corrected chi connectivity index (χ2v) is 5.27. The SMILES string of the molecule is Nc1nc(-c2ccc(-c3nccs3)cc2)cs1. The zero-order valence-electron chi connectivity index (χ0n) is 8.83. The van der Waals surface area contributed by atoms with Crippen molar-refractivity contribution in [2.75, 3.05) is 5.73 Å². The molecule has 0 spiro atoms. The minimum absolute atomic E-state index is 0.601. The summed E-state index contributed by atoms with van der Waals surface area (Å²) in [5.74, 6) is 0. The van der Waals surface area contributed by atoms with Crippen LogP contribution in [0.25, 0.3) is 21.8 Å². The molecule has 2 aromatic heterocycles. The van der Waals surface area contributed by atoms with E-state index in [-0.39, 0.29) is 0 Å². The summed E-state index contributed by atoms with van der Waals surface area (Å²) in [6.07, 6.45) is 1.81. The minimum Gasteiger partial charge on any atom is -0.375 e. The van der Waals surface area contributed by atoms with Crippen LogP contribution in [0.5, 0.6) is 0 Å². The van der Waals surface area contributed by atoms with E-state index in [0.717, 1.165) is 21.8 Å². The number of hydrogen-bond acceptors (Lipinski definition) is 5. The van der Waals surface area contributed by atoms with Crippen molar-refractivity contribution in [1.82, 2.24) is 9.97 Å². The second kappa shape index (κ2) is 4.27. The van der Waals surface area contributed by atoms with Gasteiger partial charge in [0.2, 0.25) is 0 Å². The van der Waals surface area contributed by atoms with Crippen molar-refractivity contribution < 1.29 is 0 Å². The number of anilines is 1. The molecular formula is C12H9N3S2. The van der Waals surface area contributed by atoms with Gasteiger partial charge in [0.15, 0.2) is 5.13 Å². The molecule has 3 rings (SSSR count). The van der Waals surface area contributed by atoms with E-state index in [1.807, 2.05) is 29.1 Å². The summed E-state index contributed by atoms with van der Waals surface area (Å²) in [4.78, 5) is 8.53. The molecule has 0 unspecified atom stereocenters. The van der Waals surface area contributed by atoms with Gasteiger partial charge >= 0.3 is 0 Å². The van der Waals surface area contributed by atoms with Crippen molar-refractivity contribution in [2.45, 2.75) is 0 Å². The molecule has 0 fully saturated rings. The summed E-state index contributed by atoms with van der Waals surface area (Å²) in [7, 11) is 0. The smallest absolute Gasteiger partial charge is 0.180 e. The van der Waals surface area contributed by atoms with Gasteiger partial charge in [0.05, 0.1) is 5.69 Å². The first-order valence-corrected chi connectivity index (χ1v) is 6.80. The Labute approximate surface area is 107 Å². The van der Waals surface area contributed by atoms with E-state index < -0.39 is 0 Å². The van der Waals surface area contributed by atoms with Crippen molar-refractivity contribution in [1.29, 1.82) is 0 Å². The Morgan fingerprint density at radius 3 is 2.35 bits per heavy atom. The number of hydrogen-bond donors (Lipinski definition) is 1. The topological polar surface area (TPSA) is 51.8 Å². The van der Waals surface area contributed by atoms with E-state index in [1.165, 1.54) is 11.3 Å². The third-order valence-corrected chi connectivity index (χ3v) is 3.88. The number of aromatic nitrogens is 2. The number of nitrogen functional groups attached to an aromatic ring is 1. The number of nitrogens with zero attached hydrogens (tertiary/aromatic N) is 2. The molecule has 0 saturated heterocycles. The Kier molecular flexibility index (Phi) is 2.62. The number of rotatable bonds is 2. The Hall–Kier alpha value is -1.72. The predicted molar refractivity (Wildman–Crippen MR) is 73.1 cm³/mol. The monoisotopic (exact) mass is 259 g/mol. The van der Waals surface area contributed by atoms with E-state index >= 15 is 0 Å². The van der Waals surface area contributed by atoms with E-state index in [2.05, 4.69) is 22.1 Å². The van der Waals surface area contributed by atoms with Gasteiger partial charge in [-0.1, -0.05) is 24.3 Å². The Morgan fingerprint density at radius 1 is 1.00 bits per heavy atom. The number of nitrogens with two attached hydrogens (primary N) is 1. The van der Waals surface area contributed by atoms with Crippen LogP contribution in [-0.4, -0.2) is 9.97 Å². The van der Waals surface area contributed by atoms with Crippen molar-refractivity contribution >= 4 is 27.8 Å². The largest absolute Gasteiger partial charge is 0.375 e. The maximum atomic E-state index is 5.62. The highest BCUT2D eigenvalue weighted by Gasteiger charge is 2.04. The molecule has 0 saturated carbocycles. The summed E-state index contributed by atoms with van der Waals surface area (Å²) in [6.45, 7) is 0. The van der Waals surface area contributed by atoms with Crippen LogP contribution in [0.1, 0.15) is 0 Å². The Morgan fingerprint density at radius 2 is 1.76 bits per heavy atom. The molecule has 3 aromatic rings. The quantitative estimate of drug-likeness (QED) is 0.766. The van der Waals surface area contributed by atoms with Gasteiger partial charge in [0, 0.05) is 28.1 Å². The van der Waals surface area contributed by atoms with E-state index in [1.54, 1.807) is 11.3 Å². The highest BCUT2D eigenvalue weighted by molar-refractivity contribution is 7.13. The predicted octanol–water partition coefficient (Wildman–Crippen LogP) is 3.52. The lowest BCUT2D eigenvalue weighted by Crippen LogP contribution is -1.83. The zero-order valence-corrected chi connectivity index (χ0v) is 10.5. The average molecular weight is 259 g/mol. The summed E-state index contributed by atoms with van der Waals surface area (Å²) in [6, 6.07) is 8.21. The van der Waals surface area contributed by atoms with Gasteiger partial charge in [-0.2, -0.15) is 0 Å². The number of thiazole rings is 2. The van der Waals surface area contributed by atoms with Crippen molar-refractivity contribution in [2.24, 2.45) is 0 Å². The first-order valence-electron chi connectivity index (χ1n) is 5.04. The summed E-state index contributed by atoms with van der Waals surface area (Å²) < 4.78 is 0. The van der Waals surface area contributed by atoms with Crippen LogP contribution >= 0.6 is 22.7 Å². The lowest BCUT2D eigenvalue weighted by atomic mass is 10.1. The highest BCUT2D eigenvalue weighted by Crippen LogP contribution is 2.27. The summed E-state index contributed by atoms with van der Waals surface area (Å²) >= 11 is 3.09. The second-order valence-electron chi connectivity index (χ2n) is 3.49. The lowest BCUT2D eigenvalue weighted by Gasteiger charge is -1.99. The van der Waals surface area contributed by atoms with E-state index in [4.69, 9.17) is 5.73 Å². The summed E-state index contributed by atoms with van der Waals surface area (Å²) in [5.41, 5.74) is 8.76. The van der Waals surface area contributed by atoms with Gasteiger partial charge in [0.1, 0.15) is 5.01 Å². The van der Waals surface area contributed by atoms with Crippen LogP contribution in [0.4, 0.5) is 5.13 Å². The molecule has 0 aliphatic carbocycles. The normalized spacial score (nSPS) is 10.6. The fraction of sp³-hybridized carbons (Fsp3) is 0. The third-order valence-electron chi connectivity index (χ3n) is 2.38. The van der Waals surface area contributed by atoms with E-state index in [0.29, 0.717) is 5.13 Å². The van der Waals surface area contributed by atoms with Gasteiger partial charge < -0.3 is 5.73 Å². The van der Waals surface area contributed by atoms with Gasteiger partial charge in [-0.05, 0) is 0 Å². The molecule has 0 radical (unpaired) electrons. The molecule has 0 atom stereocenters. The molecule has 0 amide bonds. The van der Waals surface area contributed by atoms with Crippen molar-refractivity contribution in [3.05, 3.63) is 41.2 Å². The molecule has 2 N–H and O–H groups in total. The first-order chi connectivity index (χ1) is 8.33. The van der Waals surface area contributed by atoms with Crippen LogP contribution in [0.2, 0.25) is 0 Å². The molecule has 1 aromatic carbocycles. The molecule has 2 heterocycles. The molecule has 0 aliphatic heterocycles. The minimum atomic E-state index is 0.601. The maximum Gasteiger partial charge on any atom is 0.180 e. The molecule has 0 bridgehead atoms. The standard InChI is InChI=1S/C12H9N3S2/c13-12-15-10(7-17-12)8-1-3-9(4-2-8)11-14-5-6-16-11/h1-7H,(H2,13,15). The zero-order chi connectivity index (χ0) is 11.7. The fourth-order valence-electron chi connectivity index (χ4n) is 1.57. The molecule has 84 valence electrons. The molecule has 3 nitrogen and oxygen atoms in total. The van der Waals surface area contributed by atoms with Crippen molar-refractivity contribution in [3.63, 3.8) is 0 Å². The molecule has 0 aliphatic rings. The number of benzene rings is 1. The maximum absolute atomic E-state index is 5.62. The van der Waals surface area contributed by atoms with Gasteiger partial charge in [-0.3, -0.25) is 0 Å². The average Bonchev–Trinajstić information content (AvgIpc) is 3.00. The Bertz CT molecular complexity index is 612. The van der Waals surface area contributed by atoms with Crippen molar-refractivity contribution in [3.8, 4) is 21.8 Å². The molecule has 5 heteroatoms. The van der Waals surface area contributed by atoms with Gasteiger partial charge in [0.25, 0.3) is 0 Å². The molecule has 17 heavy (non-hydrogen) atoms. The highest BCUT2D eigenvalue weighted by atomic mass is 32.1. The van der Waals surface area contributed by atoms with E-state index in [9.17, 15) is 0 Å². The van der Waals surface area contributed by atoms with Crippen LogP contribution in [0.15, 0.2) is 41.2 Å². The summed E-state index contributed by atoms with van der Waals surface area (Å²) in [5, 5.41) is 5.58. The van der Waals surface area contributed by atoms with Crippen LogP contribution < -0.4 is 5.73 Å². The fourth-order valence-corrected chi connectivity index (χ4v) is 2.79. The van der Waals surface area contributed by atoms with Gasteiger partial charge in [-0.15, -0.1) is 22.7 Å². The van der Waals surface area contributed by atoms with Crippen LogP contribution in [-0.2, 0) is 0 Å². The lowest BCUT2D eigenvalue weighted by molar-refractivity contribution is 1.40. The van der Waals surface area contributed by atoms with Crippen LogP contribution in [0.3, 0.4) is 0 Å². The molecular weight excluding hydrogens is 250 g/mol. The van der Waals surface area contributed by atoms with Crippen LogP contribution in [0, 0.1) is 0 Å². The Balaban J connectivity index is 1.95. The van der Waals surface area contributed by atoms with Gasteiger partial charge in [-0.25, -0.2) is 9.97 Å².